The zero-order chi connectivity index (χ0) is 21.3. The zero-order valence-corrected chi connectivity index (χ0v) is 17.5. The van der Waals surface area contributed by atoms with Crippen molar-refractivity contribution >= 4 is 21.8 Å². The molecule has 2 aromatic carbocycles. The van der Waals surface area contributed by atoms with E-state index in [2.05, 4.69) is 26.9 Å². The third-order valence-corrected chi connectivity index (χ3v) is 6.91. The lowest BCUT2D eigenvalue weighted by molar-refractivity contribution is 0.0879. The van der Waals surface area contributed by atoms with Gasteiger partial charge in [0.25, 0.3) is 11.8 Å². The van der Waals surface area contributed by atoms with Crippen LogP contribution in [0.15, 0.2) is 47.4 Å². The lowest BCUT2D eigenvalue weighted by Crippen LogP contribution is -2.43. The Morgan fingerprint density at radius 3 is 2.23 bits per heavy atom. The number of imide groups is 1. The van der Waals surface area contributed by atoms with E-state index >= 15 is 0 Å². The van der Waals surface area contributed by atoms with E-state index < -0.39 is 21.8 Å². The number of rotatable bonds is 6. The van der Waals surface area contributed by atoms with Gasteiger partial charge in [0, 0.05) is 39.3 Å². The highest BCUT2D eigenvalue weighted by Crippen LogP contribution is 2.20. The van der Waals surface area contributed by atoms with Crippen LogP contribution in [-0.4, -0.2) is 63.3 Å². The molecule has 0 spiro atoms. The summed E-state index contributed by atoms with van der Waals surface area (Å²) in [5.74, 6) is -1.09. The third-order valence-electron chi connectivity index (χ3n) is 5.51. The first-order valence-electron chi connectivity index (χ1n) is 9.80. The highest BCUT2D eigenvalue weighted by atomic mass is 32.2. The van der Waals surface area contributed by atoms with E-state index in [0.717, 1.165) is 38.3 Å². The van der Waals surface area contributed by atoms with Gasteiger partial charge in [-0.05, 0) is 36.4 Å². The van der Waals surface area contributed by atoms with Crippen molar-refractivity contribution in [1.29, 1.82) is 0 Å². The number of piperazine rings is 1. The van der Waals surface area contributed by atoms with Gasteiger partial charge in [0.2, 0.25) is 10.0 Å². The molecule has 158 valence electrons. The van der Waals surface area contributed by atoms with Gasteiger partial charge in [0.1, 0.15) is 0 Å². The highest BCUT2D eigenvalue weighted by molar-refractivity contribution is 7.89. The van der Waals surface area contributed by atoms with Gasteiger partial charge in [-0.1, -0.05) is 24.3 Å². The molecule has 8 nitrogen and oxygen atoms in total. The third kappa shape index (κ3) is 4.44. The van der Waals surface area contributed by atoms with Crippen LogP contribution in [0.25, 0.3) is 0 Å². The van der Waals surface area contributed by atoms with Crippen molar-refractivity contribution in [3.8, 4) is 0 Å². The fourth-order valence-electron chi connectivity index (χ4n) is 3.60. The predicted octanol–water partition coefficient (Wildman–Crippen LogP) is 0.796. The van der Waals surface area contributed by atoms with E-state index in [9.17, 15) is 18.0 Å². The molecule has 2 heterocycles. The molecule has 9 heteroatoms. The summed E-state index contributed by atoms with van der Waals surface area (Å²) in [4.78, 5) is 28.1. The Kier molecular flexibility index (Phi) is 5.70. The molecule has 30 heavy (non-hydrogen) atoms. The molecular formula is C21H24N4O4S. The Labute approximate surface area is 175 Å². The van der Waals surface area contributed by atoms with E-state index in [1.165, 1.54) is 23.8 Å². The fourth-order valence-corrected chi connectivity index (χ4v) is 4.65. The molecule has 4 rings (SSSR count). The lowest BCUT2D eigenvalue weighted by atomic mass is 10.1. The minimum Gasteiger partial charge on any atom is -0.304 e. The second kappa shape index (κ2) is 8.27. The first-order chi connectivity index (χ1) is 14.3. The molecule has 2 N–H and O–H groups in total. The molecule has 0 bridgehead atoms. The van der Waals surface area contributed by atoms with E-state index in [0.29, 0.717) is 0 Å². The summed E-state index contributed by atoms with van der Waals surface area (Å²) in [5, 5.41) is 2.16. The minimum atomic E-state index is -3.81. The van der Waals surface area contributed by atoms with Crippen LogP contribution >= 0.6 is 0 Å². The summed E-state index contributed by atoms with van der Waals surface area (Å²) in [7, 11) is -1.68. The highest BCUT2D eigenvalue weighted by Gasteiger charge is 2.28. The van der Waals surface area contributed by atoms with Crippen LogP contribution in [0.2, 0.25) is 0 Å². The summed E-state index contributed by atoms with van der Waals surface area (Å²) in [6, 6.07) is 11.8. The first kappa shape index (κ1) is 20.7. The van der Waals surface area contributed by atoms with Gasteiger partial charge in [-0.15, -0.1) is 0 Å². The van der Waals surface area contributed by atoms with Crippen LogP contribution in [0.5, 0.6) is 0 Å². The maximum Gasteiger partial charge on any atom is 0.258 e. The van der Waals surface area contributed by atoms with E-state index in [1.807, 2.05) is 24.3 Å². The van der Waals surface area contributed by atoms with Crippen LogP contribution < -0.4 is 10.0 Å². The second-order valence-corrected chi connectivity index (χ2v) is 9.48. The van der Waals surface area contributed by atoms with Crippen LogP contribution in [0.4, 0.5) is 0 Å². The van der Waals surface area contributed by atoms with Crippen molar-refractivity contribution in [3.05, 3.63) is 64.7 Å². The molecule has 0 radical (unpaired) electrons. The van der Waals surface area contributed by atoms with Crippen molar-refractivity contribution < 1.29 is 18.0 Å². The standard InChI is InChI=1S/C21H24N4O4S/c1-24-8-10-25(11-9-24)14-16-4-2-15(3-5-16)13-22-30(28,29)17-6-7-18-19(12-17)21(27)23-20(18)26/h2-7,12,22H,8-11,13-14H2,1H3,(H,23,26,27). The number of amides is 2. The number of nitrogens with one attached hydrogen (secondary N) is 2. The van der Waals surface area contributed by atoms with Crippen molar-refractivity contribution in [1.82, 2.24) is 19.8 Å². The molecule has 0 unspecified atom stereocenters. The zero-order valence-electron chi connectivity index (χ0n) is 16.7. The molecule has 0 aromatic heterocycles. The molecule has 0 aliphatic carbocycles. The number of hydrogen-bond donors (Lipinski definition) is 2. The summed E-state index contributed by atoms with van der Waals surface area (Å²) in [6.07, 6.45) is 0. The fraction of sp³-hybridized carbons (Fsp3) is 0.333. The first-order valence-corrected chi connectivity index (χ1v) is 11.3. The normalized spacial score (nSPS) is 17.8. The summed E-state index contributed by atoms with van der Waals surface area (Å²) < 4.78 is 27.8. The van der Waals surface area contributed by atoms with Crippen LogP contribution in [-0.2, 0) is 23.1 Å². The maximum atomic E-state index is 12.6. The molecule has 1 fully saturated rings. The number of nitrogens with zero attached hydrogens (tertiary/aromatic N) is 2. The number of carbonyl (C=O) groups is 2. The molecule has 2 aliphatic rings. The minimum absolute atomic E-state index is 0.0437. The smallest absolute Gasteiger partial charge is 0.258 e. The lowest BCUT2D eigenvalue weighted by Gasteiger charge is -2.32. The average molecular weight is 429 g/mol. The van der Waals surface area contributed by atoms with Gasteiger partial charge >= 0.3 is 0 Å². The molecule has 1 saturated heterocycles. The predicted molar refractivity (Wildman–Crippen MR) is 111 cm³/mol. The number of hydrogen-bond acceptors (Lipinski definition) is 6. The van der Waals surface area contributed by atoms with E-state index in [1.54, 1.807) is 0 Å². The Morgan fingerprint density at radius 1 is 0.900 bits per heavy atom. The molecule has 2 aromatic rings. The summed E-state index contributed by atoms with van der Waals surface area (Å²) in [6.45, 7) is 5.25. The van der Waals surface area contributed by atoms with Crippen LogP contribution in [0.3, 0.4) is 0 Å². The Bertz CT molecular complexity index is 1070. The second-order valence-electron chi connectivity index (χ2n) is 7.71. The number of sulfonamides is 1. The average Bonchev–Trinajstić information content (AvgIpc) is 3.02. The largest absolute Gasteiger partial charge is 0.304 e. The molecule has 2 amide bonds. The van der Waals surface area contributed by atoms with Crippen LogP contribution in [0.1, 0.15) is 31.8 Å². The van der Waals surface area contributed by atoms with Crippen molar-refractivity contribution in [3.63, 3.8) is 0 Å². The van der Waals surface area contributed by atoms with E-state index in [4.69, 9.17) is 0 Å². The molecule has 0 atom stereocenters. The molecule has 0 saturated carbocycles. The summed E-state index contributed by atoms with van der Waals surface area (Å²) in [5.41, 5.74) is 2.31. The Balaban J connectivity index is 1.38. The van der Waals surface area contributed by atoms with Gasteiger partial charge in [-0.2, -0.15) is 0 Å². The van der Waals surface area contributed by atoms with Crippen molar-refractivity contribution in [2.24, 2.45) is 0 Å². The van der Waals surface area contributed by atoms with Gasteiger partial charge < -0.3 is 4.90 Å². The van der Waals surface area contributed by atoms with Crippen molar-refractivity contribution in [2.45, 2.75) is 18.0 Å². The van der Waals surface area contributed by atoms with Crippen molar-refractivity contribution in [2.75, 3.05) is 33.2 Å². The topological polar surface area (TPSA) is 98.8 Å². The Morgan fingerprint density at radius 2 is 1.53 bits per heavy atom. The SMILES string of the molecule is CN1CCN(Cc2ccc(CNS(=O)(=O)c3ccc4c(c3)C(=O)NC4=O)cc2)CC1. The number of likely N-dealkylation sites (N-methyl/N-ethyl adjacent to an activating group) is 1. The summed E-state index contributed by atoms with van der Waals surface area (Å²) >= 11 is 0. The number of carbonyl (C=O) groups excluding carboxylic acids is 2. The number of fused-ring (bicyclic) bond motifs is 1. The molecular weight excluding hydrogens is 404 g/mol. The monoisotopic (exact) mass is 428 g/mol. The van der Waals surface area contributed by atoms with Crippen LogP contribution in [0, 0.1) is 0 Å². The number of benzene rings is 2. The van der Waals surface area contributed by atoms with Gasteiger partial charge in [0.05, 0.1) is 16.0 Å². The van der Waals surface area contributed by atoms with E-state index in [-0.39, 0.29) is 22.6 Å². The Hall–Kier alpha value is -2.59. The van der Waals surface area contributed by atoms with Gasteiger partial charge in [-0.25, -0.2) is 13.1 Å². The maximum absolute atomic E-state index is 12.6. The molecule has 2 aliphatic heterocycles. The van der Waals surface area contributed by atoms with Gasteiger partial charge in [0.15, 0.2) is 0 Å². The van der Waals surface area contributed by atoms with Gasteiger partial charge in [-0.3, -0.25) is 19.8 Å². The quantitative estimate of drug-likeness (QED) is 0.661.